The second-order valence-electron chi connectivity index (χ2n) is 4.21. The normalized spacial score (nSPS) is 16.2. The van der Waals surface area contributed by atoms with Crippen LogP contribution in [0.4, 0.5) is 27.6 Å². The van der Waals surface area contributed by atoms with Gasteiger partial charge in [-0.1, -0.05) is 0 Å². The van der Waals surface area contributed by atoms with Crippen molar-refractivity contribution in [2.45, 2.75) is 18.3 Å². The van der Waals surface area contributed by atoms with Crippen molar-refractivity contribution in [3.05, 3.63) is 41.4 Å². The molecule has 3 atom stereocenters. The molecule has 0 radical (unpaired) electrons. The van der Waals surface area contributed by atoms with E-state index >= 15 is 0 Å². The van der Waals surface area contributed by atoms with Gasteiger partial charge in [0.05, 0.1) is 6.61 Å². The Kier molecular flexibility index (Phi) is 6.69. The molecule has 0 saturated carbocycles. The van der Waals surface area contributed by atoms with E-state index in [1.54, 1.807) is 0 Å². The molecule has 0 amide bonds. The van der Waals surface area contributed by atoms with Crippen molar-refractivity contribution < 1.29 is 42.4 Å². The Morgan fingerprint density at radius 2 is 1.35 bits per heavy atom. The van der Waals surface area contributed by atoms with Crippen LogP contribution < -0.4 is 0 Å². The molecule has 11 heteroatoms. The summed E-state index contributed by atoms with van der Waals surface area (Å²) in [6, 6.07) is 0. The lowest BCUT2D eigenvalue weighted by molar-refractivity contribution is -0.0611. The van der Waals surface area contributed by atoms with Gasteiger partial charge >= 0.3 is 0 Å². The van der Waals surface area contributed by atoms with Gasteiger partial charge in [0.15, 0.2) is 29.0 Å². The van der Waals surface area contributed by atoms with E-state index in [-0.39, 0.29) is 0 Å². The third-order valence-corrected chi connectivity index (χ3v) is 2.63. The third-order valence-electron chi connectivity index (χ3n) is 2.63. The van der Waals surface area contributed by atoms with Crippen molar-refractivity contribution >= 4 is 5.69 Å². The Hall–Kier alpha value is -1.95. The van der Waals surface area contributed by atoms with Crippen molar-refractivity contribution in [3.8, 4) is 0 Å². The van der Waals surface area contributed by atoms with Crippen molar-refractivity contribution in [2.75, 3.05) is 6.61 Å². The van der Waals surface area contributed by atoms with E-state index in [0.717, 1.165) is 0 Å². The van der Waals surface area contributed by atoms with Crippen LogP contribution in [0.25, 0.3) is 0 Å². The fourth-order valence-electron chi connectivity index (χ4n) is 1.35. The lowest BCUT2D eigenvalue weighted by Crippen LogP contribution is -2.38. The zero-order valence-electron chi connectivity index (χ0n) is 11.2. The number of aliphatic hydroxyl groups is 4. The molecule has 0 heterocycles. The minimum absolute atomic E-state index is 0.593. The van der Waals surface area contributed by atoms with Crippen LogP contribution in [0.5, 0.6) is 0 Å². The number of hydrogen-bond acceptors (Lipinski definition) is 6. The quantitative estimate of drug-likeness (QED) is 0.268. The van der Waals surface area contributed by atoms with Gasteiger partial charge in [-0.05, 0) is 6.08 Å². The summed E-state index contributed by atoms with van der Waals surface area (Å²) >= 11 is 0. The lowest BCUT2D eigenvalue weighted by atomic mass is 10.1. The predicted molar refractivity (Wildman–Crippen MR) is 65.0 cm³/mol. The van der Waals surface area contributed by atoms with Crippen LogP contribution in [0.15, 0.2) is 22.5 Å². The SMILES string of the molecule is OC[C@@H](O)[C@@H](O)[C@H](O)/C=C/N=Nc1c(F)c(F)c(F)c(F)c1F. The molecule has 0 aromatic heterocycles. The molecule has 1 aromatic rings. The van der Waals surface area contributed by atoms with Gasteiger partial charge in [-0.2, -0.15) is 5.11 Å². The van der Waals surface area contributed by atoms with Crippen LogP contribution >= 0.6 is 0 Å². The first-order chi connectivity index (χ1) is 10.7. The Balaban J connectivity index is 2.93. The van der Waals surface area contributed by atoms with E-state index in [1.807, 2.05) is 0 Å². The number of halogens is 5. The van der Waals surface area contributed by atoms with Gasteiger partial charge in [-0.25, -0.2) is 22.0 Å². The Morgan fingerprint density at radius 1 is 0.870 bits per heavy atom. The third kappa shape index (κ3) is 4.28. The summed E-state index contributed by atoms with van der Waals surface area (Å²) in [5.41, 5.74) is -1.53. The second kappa shape index (κ2) is 8.06. The summed E-state index contributed by atoms with van der Waals surface area (Å²) in [6.45, 7) is -0.849. The summed E-state index contributed by atoms with van der Waals surface area (Å²) in [5, 5.41) is 41.9. The summed E-state index contributed by atoms with van der Waals surface area (Å²) in [6.07, 6.45) is -3.88. The topological polar surface area (TPSA) is 106 Å². The summed E-state index contributed by atoms with van der Waals surface area (Å²) in [7, 11) is 0. The van der Waals surface area contributed by atoms with Crippen LogP contribution in [-0.2, 0) is 0 Å². The van der Waals surface area contributed by atoms with Gasteiger partial charge < -0.3 is 20.4 Å². The number of hydrogen-bond donors (Lipinski definition) is 4. The molecule has 0 aliphatic heterocycles. The molecule has 0 aliphatic rings. The molecule has 0 spiro atoms. The van der Waals surface area contributed by atoms with E-state index in [9.17, 15) is 32.2 Å². The first-order valence-corrected chi connectivity index (χ1v) is 5.96. The highest BCUT2D eigenvalue weighted by molar-refractivity contribution is 5.41. The summed E-state index contributed by atoms with van der Waals surface area (Å²) < 4.78 is 64.9. The minimum Gasteiger partial charge on any atom is -0.394 e. The predicted octanol–water partition coefficient (Wildman–Crippen LogP) is 1.05. The van der Waals surface area contributed by atoms with Gasteiger partial charge in [0.2, 0.25) is 5.82 Å². The molecule has 1 aromatic carbocycles. The number of rotatable bonds is 6. The second-order valence-corrected chi connectivity index (χ2v) is 4.21. The zero-order chi connectivity index (χ0) is 17.7. The molecule has 23 heavy (non-hydrogen) atoms. The molecule has 6 nitrogen and oxygen atoms in total. The van der Waals surface area contributed by atoms with Crippen LogP contribution in [0.1, 0.15) is 0 Å². The Bertz CT molecular complexity index is 597. The molecule has 1 rings (SSSR count). The molecule has 0 fully saturated rings. The molecule has 4 N–H and O–H groups in total. The first-order valence-electron chi connectivity index (χ1n) is 5.96. The highest BCUT2D eigenvalue weighted by atomic mass is 19.2. The maximum atomic E-state index is 13.2. The van der Waals surface area contributed by atoms with E-state index in [2.05, 4.69) is 10.2 Å². The van der Waals surface area contributed by atoms with Crippen molar-refractivity contribution in [2.24, 2.45) is 10.2 Å². The molecule has 0 aliphatic carbocycles. The minimum atomic E-state index is -2.34. The Labute approximate surface area is 125 Å². The largest absolute Gasteiger partial charge is 0.394 e. The number of nitrogens with zero attached hydrogens (tertiary/aromatic N) is 2. The standard InChI is InChI=1S/C12H11F5N2O4/c13-6-7(14)9(16)11(10(17)8(6)15)19-18-2-1-4(21)12(23)5(22)3-20/h1-2,4-5,12,20-23H,3H2/b2-1+,19-18?/t4-,5-,12+/m1/s1. The molecular weight excluding hydrogens is 331 g/mol. The number of aliphatic hydroxyl groups excluding tert-OH is 4. The smallest absolute Gasteiger partial charge is 0.200 e. The van der Waals surface area contributed by atoms with Crippen LogP contribution in [-0.4, -0.2) is 45.3 Å². The van der Waals surface area contributed by atoms with E-state index in [1.165, 1.54) is 0 Å². The zero-order valence-corrected chi connectivity index (χ0v) is 11.2. The molecular formula is C12H11F5N2O4. The Morgan fingerprint density at radius 3 is 1.83 bits per heavy atom. The van der Waals surface area contributed by atoms with Gasteiger partial charge in [-0.3, -0.25) is 0 Å². The highest BCUT2D eigenvalue weighted by Crippen LogP contribution is 2.29. The molecule has 128 valence electrons. The maximum Gasteiger partial charge on any atom is 0.200 e. The molecule has 0 unspecified atom stereocenters. The fraction of sp³-hybridized carbons (Fsp3) is 0.333. The monoisotopic (exact) mass is 342 g/mol. The van der Waals surface area contributed by atoms with Crippen molar-refractivity contribution in [1.82, 2.24) is 0 Å². The lowest BCUT2D eigenvalue weighted by Gasteiger charge is -2.18. The summed E-state index contributed by atoms with van der Waals surface area (Å²) in [5.74, 6) is -11.1. The first kappa shape index (κ1) is 19.1. The van der Waals surface area contributed by atoms with Crippen molar-refractivity contribution in [3.63, 3.8) is 0 Å². The maximum absolute atomic E-state index is 13.2. The number of benzene rings is 1. The molecule has 0 saturated heterocycles. The van der Waals surface area contributed by atoms with Crippen LogP contribution in [0, 0.1) is 29.1 Å². The highest BCUT2D eigenvalue weighted by Gasteiger charge is 2.26. The van der Waals surface area contributed by atoms with E-state index in [4.69, 9.17) is 10.2 Å². The van der Waals surface area contributed by atoms with Gasteiger partial charge in [0.1, 0.15) is 18.3 Å². The van der Waals surface area contributed by atoms with Gasteiger partial charge in [0, 0.05) is 6.20 Å². The average Bonchev–Trinajstić information content (AvgIpc) is 2.55. The van der Waals surface area contributed by atoms with Crippen LogP contribution in [0.2, 0.25) is 0 Å². The van der Waals surface area contributed by atoms with E-state index < -0.39 is 59.7 Å². The fourth-order valence-corrected chi connectivity index (χ4v) is 1.35. The summed E-state index contributed by atoms with van der Waals surface area (Å²) in [4.78, 5) is 0. The average molecular weight is 342 g/mol. The molecule has 0 bridgehead atoms. The van der Waals surface area contributed by atoms with Crippen LogP contribution in [0.3, 0.4) is 0 Å². The van der Waals surface area contributed by atoms with Gasteiger partial charge in [-0.15, -0.1) is 5.11 Å². The van der Waals surface area contributed by atoms with Gasteiger partial charge in [0.25, 0.3) is 0 Å². The van der Waals surface area contributed by atoms with E-state index in [0.29, 0.717) is 12.3 Å². The van der Waals surface area contributed by atoms with Crippen molar-refractivity contribution in [1.29, 1.82) is 0 Å². The number of azo groups is 1.